The van der Waals surface area contributed by atoms with Crippen LogP contribution < -0.4 is 5.32 Å². The third kappa shape index (κ3) is 5.04. The molecule has 0 bridgehead atoms. The van der Waals surface area contributed by atoms with Crippen LogP contribution in [0.4, 0.5) is 19.7 Å². The number of halogens is 3. The number of rotatable bonds is 7. The SMILES string of the molecule is BC(O)(c1cccc(Cl)c1F)N1CCC(Cc2nc(Nc3nccs3)ccc2F)(C(=O)O)CC1C. The largest absolute Gasteiger partial charge is 0.481 e. The number of carboxylic acids is 1. The minimum Gasteiger partial charge on any atom is -0.481 e. The van der Waals surface area contributed by atoms with Crippen LogP contribution in [-0.2, 0) is 16.8 Å². The van der Waals surface area contributed by atoms with Gasteiger partial charge in [-0.05, 0) is 38.0 Å². The molecule has 35 heavy (non-hydrogen) atoms. The number of nitrogens with one attached hydrogen (secondary N) is 1. The van der Waals surface area contributed by atoms with E-state index in [0.29, 0.717) is 10.9 Å². The van der Waals surface area contributed by atoms with Crippen molar-refractivity contribution in [3.63, 3.8) is 0 Å². The lowest BCUT2D eigenvalue weighted by molar-refractivity contribution is -0.160. The summed E-state index contributed by atoms with van der Waals surface area (Å²) in [5.41, 5.74) is -3.00. The van der Waals surface area contributed by atoms with Gasteiger partial charge in [0.05, 0.1) is 16.1 Å². The Morgan fingerprint density at radius 3 is 2.83 bits per heavy atom. The second-order valence-corrected chi connectivity index (χ2v) is 10.3. The highest BCUT2D eigenvalue weighted by molar-refractivity contribution is 7.13. The summed E-state index contributed by atoms with van der Waals surface area (Å²) in [6.07, 6.45) is 1.70. The van der Waals surface area contributed by atoms with Crippen LogP contribution in [0.3, 0.4) is 0 Å². The number of aliphatic carboxylic acids is 1. The molecular weight excluding hydrogens is 497 g/mol. The van der Waals surface area contributed by atoms with Crippen molar-refractivity contribution in [2.75, 3.05) is 11.9 Å². The zero-order valence-corrected chi connectivity index (χ0v) is 20.7. The van der Waals surface area contributed by atoms with Crippen molar-refractivity contribution in [2.45, 2.75) is 37.9 Å². The number of likely N-dealkylation sites (tertiary alicyclic amines) is 1. The third-order valence-electron chi connectivity index (χ3n) is 6.62. The van der Waals surface area contributed by atoms with E-state index >= 15 is 0 Å². The minimum atomic E-state index is -1.72. The predicted molar refractivity (Wildman–Crippen MR) is 133 cm³/mol. The number of anilines is 2. The molecule has 0 amide bonds. The molecule has 1 aromatic carbocycles. The highest BCUT2D eigenvalue weighted by Gasteiger charge is 2.49. The Balaban J connectivity index is 1.58. The molecule has 2 aromatic heterocycles. The van der Waals surface area contributed by atoms with Crippen molar-refractivity contribution in [3.05, 3.63) is 69.8 Å². The summed E-state index contributed by atoms with van der Waals surface area (Å²) in [4.78, 5) is 22.6. The number of piperidine rings is 1. The number of nitrogens with zero attached hydrogens (tertiary/aromatic N) is 3. The van der Waals surface area contributed by atoms with Crippen molar-refractivity contribution < 1.29 is 23.8 Å². The maximum atomic E-state index is 14.7. The fraction of sp³-hybridized carbons (Fsp3) is 0.348. The molecule has 3 aromatic rings. The highest BCUT2D eigenvalue weighted by atomic mass is 35.5. The number of carbonyl (C=O) groups is 1. The van der Waals surface area contributed by atoms with Crippen LogP contribution in [0.25, 0.3) is 0 Å². The van der Waals surface area contributed by atoms with Gasteiger partial charge in [0.2, 0.25) is 0 Å². The van der Waals surface area contributed by atoms with E-state index < -0.39 is 34.7 Å². The molecule has 4 rings (SSSR count). The van der Waals surface area contributed by atoms with Gasteiger partial charge in [-0.25, -0.2) is 18.7 Å². The van der Waals surface area contributed by atoms with E-state index in [1.54, 1.807) is 29.5 Å². The molecule has 1 saturated heterocycles. The van der Waals surface area contributed by atoms with Crippen molar-refractivity contribution >= 4 is 47.7 Å². The molecule has 0 radical (unpaired) electrons. The number of thiazole rings is 1. The zero-order chi connectivity index (χ0) is 25.4. The second-order valence-electron chi connectivity index (χ2n) is 8.97. The number of hydrogen-bond acceptors (Lipinski definition) is 7. The maximum absolute atomic E-state index is 14.7. The number of hydrogen-bond donors (Lipinski definition) is 3. The number of carboxylic acid groups (broad SMARTS) is 1. The van der Waals surface area contributed by atoms with Crippen LogP contribution in [0.1, 0.15) is 31.0 Å². The Labute approximate surface area is 211 Å². The van der Waals surface area contributed by atoms with Gasteiger partial charge < -0.3 is 15.5 Å². The van der Waals surface area contributed by atoms with Gasteiger partial charge in [-0.3, -0.25) is 9.69 Å². The number of aromatic nitrogens is 2. The smallest absolute Gasteiger partial charge is 0.310 e. The van der Waals surface area contributed by atoms with E-state index in [1.165, 1.54) is 43.4 Å². The standard InChI is InChI=1S/C23H24BClF2N4O3S/c1-13-11-22(20(32)33,7-9-31(13)23(24,34)14-3-2-4-15(25)19(14)27)12-17-16(26)5-6-18(29-17)30-21-28-8-10-35-21/h2-6,8,10,13,34H,7,9,11-12,24H2,1H3,(H,32,33)(H,28,29,30). The highest BCUT2D eigenvalue weighted by Crippen LogP contribution is 2.42. The zero-order valence-electron chi connectivity index (χ0n) is 19.1. The van der Waals surface area contributed by atoms with Gasteiger partial charge in [-0.15, -0.1) is 11.3 Å². The Morgan fingerprint density at radius 2 is 2.17 bits per heavy atom. The molecular formula is C23H24BClF2N4O3S. The molecule has 3 N–H and O–H groups in total. The summed E-state index contributed by atoms with van der Waals surface area (Å²) in [6.45, 7) is 1.91. The van der Waals surface area contributed by atoms with Gasteiger partial charge in [0.1, 0.15) is 23.1 Å². The van der Waals surface area contributed by atoms with Crippen LogP contribution >= 0.6 is 22.9 Å². The molecule has 1 aliphatic rings. The molecule has 12 heteroatoms. The lowest BCUT2D eigenvalue weighted by Crippen LogP contribution is -2.58. The molecule has 0 spiro atoms. The molecule has 3 heterocycles. The van der Waals surface area contributed by atoms with Crippen molar-refractivity contribution in [1.82, 2.24) is 14.9 Å². The van der Waals surface area contributed by atoms with Gasteiger partial charge in [-0.2, -0.15) is 0 Å². The van der Waals surface area contributed by atoms with Crippen LogP contribution in [0, 0.1) is 17.0 Å². The maximum Gasteiger partial charge on any atom is 0.310 e. The number of benzene rings is 1. The van der Waals surface area contributed by atoms with Crippen LogP contribution in [-0.4, -0.2) is 51.5 Å². The summed E-state index contributed by atoms with van der Waals surface area (Å²) >= 11 is 7.27. The lowest BCUT2D eigenvalue weighted by atomic mass is 9.69. The normalized spacial score (nSPS) is 22.5. The Hall–Kier alpha value is -2.60. The first-order valence-electron chi connectivity index (χ1n) is 11.0. The average Bonchev–Trinajstić information content (AvgIpc) is 3.30. The molecule has 3 atom stereocenters. The molecule has 3 unspecified atom stereocenters. The first-order chi connectivity index (χ1) is 16.5. The summed E-state index contributed by atoms with van der Waals surface area (Å²) < 4.78 is 29.4. The van der Waals surface area contributed by atoms with Crippen LogP contribution in [0.2, 0.25) is 5.02 Å². The average molecular weight is 521 g/mol. The van der Waals surface area contributed by atoms with Crippen LogP contribution in [0.15, 0.2) is 41.9 Å². The third-order valence-corrected chi connectivity index (χ3v) is 7.60. The molecule has 1 aliphatic heterocycles. The Bertz CT molecular complexity index is 1230. The molecule has 184 valence electrons. The van der Waals surface area contributed by atoms with Gasteiger partial charge >= 0.3 is 5.97 Å². The fourth-order valence-corrected chi connectivity index (χ4v) is 5.54. The molecule has 0 saturated carbocycles. The molecule has 7 nitrogen and oxygen atoms in total. The molecule has 1 fully saturated rings. The second kappa shape index (κ2) is 9.81. The van der Waals surface area contributed by atoms with Crippen molar-refractivity contribution in [2.24, 2.45) is 5.41 Å². The van der Waals surface area contributed by atoms with Gasteiger partial charge in [0, 0.05) is 36.1 Å². The van der Waals surface area contributed by atoms with E-state index in [2.05, 4.69) is 15.3 Å². The summed E-state index contributed by atoms with van der Waals surface area (Å²) in [7, 11) is 1.46. The quantitative estimate of drug-likeness (QED) is 0.408. The van der Waals surface area contributed by atoms with Crippen LogP contribution in [0.5, 0.6) is 0 Å². The minimum absolute atomic E-state index is 0.00773. The summed E-state index contributed by atoms with van der Waals surface area (Å²) in [5, 5.41) is 26.7. The van der Waals surface area contributed by atoms with Crippen molar-refractivity contribution in [3.8, 4) is 0 Å². The fourth-order valence-electron chi connectivity index (χ4n) is 4.83. The van der Waals surface area contributed by atoms with E-state index in [1.807, 2.05) is 0 Å². The number of pyridine rings is 1. The molecule has 0 aliphatic carbocycles. The van der Waals surface area contributed by atoms with Gasteiger partial charge in [0.15, 0.2) is 13.0 Å². The number of aliphatic hydroxyl groups is 1. The first-order valence-corrected chi connectivity index (χ1v) is 12.3. The predicted octanol–water partition coefficient (Wildman–Crippen LogP) is 3.75. The topological polar surface area (TPSA) is 98.6 Å². The Kier molecular flexibility index (Phi) is 7.15. The lowest BCUT2D eigenvalue weighted by Gasteiger charge is -2.49. The summed E-state index contributed by atoms with van der Waals surface area (Å²) in [5.74, 6) is -2.03. The van der Waals surface area contributed by atoms with Crippen molar-refractivity contribution in [1.29, 1.82) is 0 Å². The van der Waals surface area contributed by atoms with E-state index in [4.69, 9.17) is 11.6 Å². The van der Waals surface area contributed by atoms with E-state index in [9.17, 15) is 23.8 Å². The Morgan fingerprint density at radius 1 is 1.40 bits per heavy atom. The van der Waals surface area contributed by atoms with E-state index in [-0.39, 0.29) is 42.1 Å². The van der Waals surface area contributed by atoms with Gasteiger partial charge in [0.25, 0.3) is 0 Å². The monoisotopic (exact) mass is 520 g/mol. The summed E-state index contributed by atoms with van der Waals surface area (Å²) in [6, 6.07) is 6.65. The van der Waals surface area contributed by atoms with E-state index in [0.717, 1.165) is 0 Å². The van der Waals surface area contributed by atoms with Gasteiger partial charge in [-0.1, -0.05) is 23.7 Å². The first kappa shape index (κ1) is 25.5.